The van der Waals surface area contributed by atoms with Crippen molar-refractivity contribution in [2.75, 3.05) is 26.3 Å². The van der Waals surface area contributed by atoms with Gasteiger partial charge < -0.3 is 10.1 Å². The SMILES string of the molecule is O=C(NCc1ccc(CN2CCOCC2)cc1)NNC(=O)c1ccc(F)cc1. The summed E-state index contributed by atoms with van der Waals surface area (Å²) in [6, 6.07) is 12.5. The summed E-state index contributed by atoms with van der Waals surface area (Å²) >= 11 is 0. The van der Waals surface area contributed by atoms with Gasteiger partial charge in [0.15, 0.2) is 0 Å². The van der Waals surface area contributed by atoms with Gasteiger partial charge in [-0.2, -0.15) is 0 Å². The van der Waals surface area contributed by atoms with Gasteiger partial charge in [0.1, 0.15) is 5.82 Å². The van der Waals surface area contributed by atoms with Crippen LogP contribution in [-0.4, -0.2) is 43.1 Å². The second kappa shape index (κ2) is 9.82. The molecule has 0 aromatic heterocycles. The molecule has 1 fully saturated rings. The third-order valence-corrected chi connectivity index (χ3v) is 4.38. The Balaban J connectivity index is 1.39. The molecule has 148 valence electrons. The van der Waals surface area contributed by atoms with Gasteiger partial charge >= 0.3 is 6.03 Å². The van der Waals surface area contributed by atoms with Gasteiger partial charge in [0, 0.05) is 31.7 Å². The molecule has 0 aliphatic carbocycles. The lowest BCUT2D eigenvalue weighted by Gasteiger charge is -2.26. The Kier molecular flexibility index (Phi) is 6.94. The van der Waals surface area contributed by atoms with Crippen LogP contribution in [0.25, 0.3) is 0 Å². The largest absolute Gasteiger partial charge is 0.379 e. The molecular weight excluding hydrogens is 363 g/mol. The highest BCUT2D eigenvalue weighted by Crippen LogP contribution is 2.09. The van der Waals surface area contributed by atoms with Crippen molar-refractivity contribution in [2.45, 2.75) is 13.1 Å². The second-order valence-corrected chi connectivity index (χ2v) is 6.47. The molecule has 0 atom stereocenters. The van der Waals surface area contributed by atoms with Crippen molar-refractivity contribution in [1.29, 1.82) is 0 Å². The van der Waals surface area contributed by atoms with E-state index in [9.17, 15) is 14.0 Å². The summed E-state index contributed by atoms with van der Waals surface area (Å²) in [5, 5.41) is 2.66. The smallest absolute Gasteiger partial charge is 0.333 e. The van der Waals surface area contributed by atoms with Crippen molar-refractivity contribution in [3.8, 4) is 0 Å². The first-order chi connectivity index (χ1) is 13.6. The Bertz CT molecular complexity index is 790. The zero-order chi connectivity index (χ0) is 19.8. The zero-order valence-electron chi connectivity index (χ0n) is 15.4. The van der Waals surface area contributed by atoms with Crippen molar-refractivity contribution < 1.29 is 18.7 Å². The number of benzene rings is 2. The van der Waals surface area contributed by atoms with Gasteiger partial charge in [0.25, 0.3) is 5.91 Å². The lowest BCUT2D eigenvalue weighted by Crippen LogP contribution is -2.46. The van der Waals surface area contributed by atoms with E-state index in [-0.39, 0.29) is 5.56 Å². The molecule has 0 bridgehead atoms. The van der Waals surface area contributed by atoms with Crippen LogP contribution in [0.1, 0.15) is 21.5 Å². The van der Waals surface area contributed by atoms with E-state index in [0.29, 0.717) is 6.54 Å². The van der Waals surface area contributed by atoms with Gasteiger partial charge in [-0.05, 0) is 35.4 Å². The lowest BCUT2D eigenvalue weighted by atomic mass is 10.1. The minimum atomic E-state index is -0.534. The van der Waals surface area contributed by atoms with Crippen molar-refractivity contribution in [3.05, 3.63) is 71.0 Å². The molecule has 0 radical (unpaired) electrons. The molecule has 2 aromatic carbocycles. The fourth-order valence-electron chi connectivity index (χ4n) is 2.79. The maximum absolute atomic E-state index is 12.8. The van der Waals surface area contributed by atoms with E-state index in [4.69, 9.17) is 4.74 Å². The summed E-state index contributed by atoms with van der Waals surface area (Å²) in [6.07, 6.45) is 0. The van der Waals surface area contributed by atoms with Gasteiger partial charge in [-0.25, -0.2) is 14.6 Å². The Morgan fingerprint density at radius 1 is 0.929 bits per heavy atom. The predicted molar refractivity (Wildman–Crippen MR) is 102 cm³/mol. The van der Waals surface area contributed by atoms with Crippen LogP contribution in [0.3, 0.4) is 0 Å². The quantitative estimate of drug-likeness (QED) is 0.685. The summed E-state index contributed by atoms with van der Waals surface area (Å²) in [4.78, 5) is 26.0. The second-order valence-electron chi connectivity index (χ2n) is 6.47. The van der Waals surface area contributed by atoms with E-state index < -0.39 is 17.8 Å². The monoisotopic (exact) mass is 386 g/mol. The molecule has 0 saturated carbocycles. The molecular formula is C20H23FN4O3. The number of nitrogens with zero attached hydrogens (tertiary/aromatic N) is 1. The normalized spacial score (nSPS) is 14.3. The molecule has 1 heterocycles. The summed E-state index contributed by atoms with van der Waals surface area (Å²) in [7, 11) is 0. The number of hydrogen-bond donors (Lipinski definition) is 3. The summed E-state index contributed by atoms with van der Waals surface area (Å²) in [6.45, 7) is 4.63. The fourth-order valence-corrected chi connectivity index (χ4v) is 2.79. The first-order valence-corrected chi connectivity index (χ1v) is 9.08. The predicted octanol–water partition coefficient (Wildman–Crippen LogP) is 1.80. The third kappa shape index (κ3) is 6.04. The Morgan fingerprint density at radius 2 is 1.57 bits per heavy atom. The van der Waals surface area contributed by atoms with Crippen LogP contribution in [0, 0.1) is 5.82 Å². The number of carbonyl (C=O) groups is 2. The molecule has 0 spiro atoms. The molecule has 3 rings (SSSR count). The standard InChI is InChI=1S/C20H23FN4O3/c21-18-7-5-17(6-8-18)19(26)23-24-20(27)22-13-15-1-3-16(4-2-15)14-25-9-11-28-12-10-25/h1-8H,9-14H2,(H,23,26)(H2,22,24,27). The molecule has 1 saturated heterocycles. The van der Waals surface area contributed by atoms with Gasteiger partial charge in [-0.15, -0.1) is 0 Å². The van der Waals surface area contributed by atoms with Crippen molar-refractivity contribution in [3.63, 3.8) is 0 Å². The average Bonchev–Trinajstić information content (AvgIpc) is 2.73. The number of ether oxygens (including phenoxy) is 1. The fraction of sp³-hybridized carbons (Fsp3) is 0.300. The van der Waals surface area contributed by atoms with E-state index in [0.717, 1.165) is 38.4 Å². The summed E-state index contributed by atoms with van der Waals surface area (Å²) < 4.78 is 18.2. The number of rotatable bonds is 5. The van der Waals surface area contributed by atoms with Crippen molar-refractivity contribution in [1.82, 2.24) is 21.1 Å². The van der Waals surface area contributed by atoms with Gasteiger partial charge in [-0.3, -0.25) is 15.1 Å². The van der Waals surface area contributed by atoms with Crippen LogP contribution in [-0.2, 0) is 17.8 Å². The van der Waals surface area contributed by atoms with Crippen LogP contribution < -0.4 is 16.2 Å². The average molecular weight is 386 g/mol. The number of morpholine rings is 1. The zero-order valence-corrected chi connectivity index (χ0v) is 15.4. The molecule has 28 heavy (non-hydrogen) atoms. The van der Waals surface area contributed by atoms with E-state index in [1.165, 1.54) is 29.8 Å². The first-order valence-electron chi connectivity index (χ1n) is 9.08. The highest BCUT2D eigenvalue weighted by Gasteiger charge is 2.11. The Hall–Kier alpha value is -2.97. The molecule has 0 unspecified atom stereocenters. The highest BCUT2D eigenvalue weighted by atomic mass is 19.1. The summed E-state index contributed by atoms with van der Waals surface area (Å²) in [5.41, 5.74) is 6.95. The highest BCUT2D eigenvalue weighted by molar-refractivity contribution is 5.95. The topological polar surface area (TPSA) is 82.7 Å². The number of hydrazine groups is 1. The number of urea groups is 1. The van der Waals surface area contributed by atoms with Crippen LogP contribution >= 0.6 is 0 Å². The molecule has 2 aromatic rings. The molecule has 8 heteroatoms. The number of carbonyl (C=O) groups excluding carboxylic acids is 2. The van der Waals surface area contributed by atoms with Crippen LogP contribution in [0.4, 0.5) is 9.18 Å². The number of amides is 3. The van der Waals surface area contributed by atoms with Gasteiger partial charge in [0.2, 0.25) is 0 Å². The molecule has 3 N–H and O–H groups in total. The van der Waals surface area contributed by atoms with E-state index in [2.05, 4.69) is 21.1 Å². The Labute approximate surface area is 162 Å². The summed E-state index contributed by atoms with van der Waals surface area (Å²) in [5.74, 6) is -0.958. The molecule has 1 aliphatic heterocycles. The maximum atomic E-state index is 12.8. The minimum Gasteiger partial charge on any atom is -0.379 e. The third-order valence-electron chi connectivity index (χ3n) is 4.38. The number of halogens is 1. The van der Waals surface area contributed by atoms with Crippen LogP contribution in [0.15, 0.2) is 48.5 Å². The van der Waals surface area contributed by atoms with E-state index in [1.54, 1.807) is 0 Å². The van der Waals surface area contributed by atoms with Crippen molar-refractivity contribution in [2.24, 2.45) is 0 Å². The number of hydrogen-bond acceptors (Lipinski definition) is 4. The lowest BCUT2D eigenvalue weighted by molar-refractivity contribution is 0.0342. The van der Waals surface area contributed by atoms with Gasteiger partial charge in [-0.1, -0.05) is 24.3 Å². The van der Waals surface area contributed by atoms with Crippen LogP contribution in [0.5, 0.6) is 0 Å². The van der Waals surface area contributed by atoms with Crippen molar-refractivity contribution >= 4 is 11.9 Å². The maximum Gasteiger partial charge on any atom is 0.333 e. The number of nitrogens with one attached hydrogen (secondary N) is 3. The molecule has 7 nitrogen and oxygen atoms in total. The van der Waals surface area contributed by atoms with E-state index >= 15 is 0 Å². The van der Waals surface area contributed by atoms with Crippen LogP contribution in [0.2, 0.25) is 0 Å². The molecule has 1 aliphatic rings. The first kappa shape index (κ1) is 19.8. The minimum absolute atomic E-state index is 0.248. The Morgan fingerprint density at radius 3 is 2.25 bits per heavy atom. The van der Waals surface area contributed by atoms with Gasteiger partial charge in [0.05, 0.1) is 13.2 Å². The molecule has 3 amide bonds. The van der Waals surface area contributed by atoms with E-state index in [1.807, 2.05) is 24.3 Å².